The zero-order valence-electron chi connectivity index (χ0n) is 8.25. The maximum atomic E-state index is 11.8. The van der Waals surface area contributed by atoms with Crippen molar-refractivity contribution in [3.05, 3.63) is 0 Å². The summed E-state index contributed by atoms with van der Waals surface area (Å²) in [5.74, 6) is 0.658. The van der Waals surface area contributed by atoms with Crippen molar-refractivity contribution in [2.45, 2.75) is 33.1 Å². The minimum Gasteiger partial charge on any atom is -0.303 e. The zero-order valence-corrected chi connectivity index (χ0v) is 8.25. The van der Waals surface area contributed by atoms with Crippen LogP contribution < -0.4 is 0 Å². The van der Waals surface area contributed by atoms with Crippen molar-refractivity contribution in [2.24, 2.45) is 23.2 Å². The minimum atomic E-state index is -0.287. The molecule has 2 nitrogen and oxygen atoms in total. The van der Waals surface area contributed by atoms with Crippen LogP contribution in [0.2, 0.25) is 0 Å². The number of ketones is 1. The van der Waals surface area contributed by atoms with E-state index in [1.165, 1.54) is 0 Å². The monoisotopic (exact) mass is 180 g/mol. The summed E-state index contributed by atoms with van der Waals surface area (Å²) >= 11 is 0. The highest BCUT2D eigenvalue weighted by Gasteiger charge is 2.52. The Bertz CT molecular complexity index is 255. The highest BCUT2D eigenvalue weighted by molar-refractivity contribution is 5.96. The van der Waals surface area contributed by atoms with Crippen molar-refractivity contribution in [1.29, 1.82) is 0 Å². The molecule has 72 valence electrons. The molecule has 13 heavy (non-hydrogen) atoms. The van der Waals surface area contributed by atoms with Crippen LogP contribution in [0.15, 0.2) is 0 Å². The Morgan fingerprint density at radius 2 is 2.08 bits per heavy atom. The highest BCUT2D eigenvalue weighted by atomic mass is 16.1. The van der Waals surface area contributed by atoms with Crippen LogP contribution in [-0.2, 0) is 9.59 Å². The molecule has 2 heteroatoms. The molecular weight excluding hydrogens is 164 g/mol. The van der Waals surface area contributed by atoms with Crippen LogP contribution in [-0.4, -0.2) is 12.1 Å². The number of hydrogen-bond donors (Lipinski definition) is 0. The van der Waals surface area contributed by atoms with E-state index in [2.05, 4.69) is 13.8 Å². The van der Waals surface area contributed by atoms with Gasteiger partial charge in [0.05, 0.1) is 5.92 Å². The largest absolute Gasteiger partial charge is 0.303 e. The third-order valence-corrected chi connectivity index (χ3v) is 4.17. The van der Waals surface area contributed by atoms with Crippen molar-refractivity contribution >= 4 is 12.1 Å². The Hall–Kier alpha value is -0.660. The predicted octanol–water partition coefficient (Wildman–Crippen LogP) is 1.83. The quantitative estimate of drug-likeness (QED) is 0.455. The Balaban J connectivity index is 2.31. The molecule has 2 aliphatic carbocycles. The lowest BCUT2D eigenvalue weighted by Crippen LogP contribution is -2.41. The molecule has 2 bridgehead atoms. The third kappa shape index (κ3) is 1.07. The predicted molar refractivity (Wildman–Crippen MR) is 49.2 cm³/mol. The molecule has 0 N–H and O–H groups in total. The van der Waals surface area contributed by atoms with Gasteiger partial charge in [0.2, 0.25) is 0 Å². The maximum Gasteiger partial charge on any atom is 0.146 e. The number of carbonyl (C=O) groups is 2. The summed E-state index contributed by atoms with van der Waals surface area (Å²) in [6.07, 6.45) is 3.78. The highest BCUT2D eigenvalue weighted by Crippen LogP contribution is 2.54. The van der Waals surface area contributed by atoms with Crippen LogP contribution in [0.4, 0.5) is 0 Å². The van der Waals surface area contributed by atoms with E-state index >= 15 is 0 Å². The molecule has 0 aromatic carbocycles. The topological polar surface area (TPSA) is 34.1 Å². The van der Waals surface area contributed by atoms with Gasteiger partial charge in [-0.05, 0) is 30.6 Å². The number of fused-ring (bicyclic) bond motifs is 2. The SMILES string of the molecule is CC1(C)C2CCC1C(=O)C(C=O)C2. The first-order valence-corrected chi connectivity index (χ1v) is 5.06. The van der Waals surface area contributed by atoms with Crippen LogP contribution in [0, 0.1) is 23.2 Å². The van der Waals surface area contributed by atoms with Gasteiger partial charge in [0.25, 0.3) is 0 Å². The second kappa shape index (κ2) is 2.66. The first-order chi connectivity index (χ1) is 6.07. The van der Waals surface area contributed by atoms with E-state index in [0.29, 0.717) is 5.92 Å². The van der Waals surface area contributed by atoms with Crippen molar-refractivity contribution < 1.29 is 9.59 Å². The number of rotatable bonds is 1. The van der Waals surface area contributed by atoms with Crippen LogP contribution in [0.5, 0.6) is 0 Å². The van der Waals surface area contributed by atoms with Crippen molar-refractivity contribution in [3.63, 3.8) is 0 Å². The Morgan fingerprint density at radius 3 is 2.69 bits per heavy atom. The minimum absolute atomic E-state index is 0.149. The molecule has 0 radical (unpaired) electrons. The molecule has 0 aromatic rings. The summed E-state index contributed by atoms with van der Waals surface area (Å²) in [6, 6.07) is 0. The fraction of sp³-hybridized carbons (Fsp3) is 0.818. The van der Waals surface area contributed by atoms with Gasteiger partial charge in [-0.2, -0.15) is 0 Å². The Kier molecular flexibility index (Phi) is 1.83. The van der Waals surface area contributed by atoms with Gasteiger partial charge in [0, 0.05) is 5.92 Å². The van der Waals surface area contributed by atoms with Gasteiger partial charge in [0.15, 0.2) is 0 Å². The molecule has 2 fully saturated rings. The molecule has 2 rings (SSSR count). The second-order valence-corrected chi connectivity index (χ2v) is 5.03. The number of aldehydes is 1. The Morgan fingerprint density at radius 1 is 1.38 bits per heavy atom. The maximum absolute atomic E-state index is 11.8. The summed E-state index contributed by atoms with van der Waals surface area (Å²) in [7, 11) is 0. The zero-order chi connectivity index (χ0) is 9.64. The van der Waals surface area contributed by atoms with Crippen LogP contribution >= 0.6 is 0 Å². The van der Waals surface area contributed by atoms with Crippen LogP contribution in [0.3, 0.4) is 0 Å². The summed E-state index contributed by atoms with van der Waals surface area (Å²) < 4.78 is 0. The van der Waals surface area contributed by atoms with Gasteiger partial charge >= 0.3 is 0 Å². The van der Waals surface area contributed by atoms with Gasteiger partial charge < -0.3 is 4.79 Å². The van der Waals surface area contributed by atoms with E-state index in [4.69, 9.17) is 0 Å². The van der Waals surface area contributed by atoms with Gasteiger partial charge in [-0.25, -0.2) is 0 Å². The Labute approximate surface area is 78.7 Å². The molecule has 2 aliphatic rings. The van der Waals surface area contributed by atoms with Crippen molar-refractivity contribution in [1.82, 2.24) is 0 Å². The molecule has 2 saturated carbocycles. The van der Waals surface area contributed by atoms with Crippen LogP contribution in [0.1, 0.15) is 33.1 Å². The van der Waals surface area contributed by atoms with E-state index in [1.54, 1.807) is 0 Å². The van der Waals surface area contributed by atoms with Gasteiger partial charge in [-0.1, -0.05) is 13.8 Å². The summed E-state index contributed by atoms with van der Waals surface area (Å²) in [5, 5.41) is 0. The number of hydrogen-bond acceptors (Lipinski definition) is 2. The average molecular weight is 180 g/mol. The molecule has 3 unspecified atom stereocenters. The van der Waals surface area contributed by atoms with Crippen molar-refractivity contribution in [2.75, 3.05) is 0 Å². The average Bonchev–Trinajstić information content (AvgIpc) is 2.27. The number of Topliss-reactive ketones (excluding diaryl/α,β-unsaturated/α-hetero) is 1. The lowest BCUT2D eigenvalue weighted by atomic mass is 9.64. The normalized spacial score (nSPS) is 42.0. The first kappa shape index (κ1) is 8.92. The summed E-state index contributed by atoms with van der Waals surface area (Å²) in [5.41, 5.74) is 0.149. The fourth-order valence-corrected chi connectivity index (χ4v) is 3.13. The smallest absolute Gasteiger partial charge is 0.146 e. The molecule has 0 amide bonds. The van der Waals surface area contributed by atoms with Gasteiger partial charge in [-0.15, -0.1) is 0 Å². The van der Waals surface area contributed by atoms with E-state index in [1.807, 2.05) is 0 Å². The molecule has 0 heterocycles. The van der Waals surface area contributed by atoms with Crippen LogP contribution in [0.25, 0.3) is 0 Å². The van der Waals surface area contributed by atoms with Crippen molar-refractivity contribution in [3.8, 4) is 0 Å². The fourth-order valence-electron chi connectivity index (χ4n) is 3.13. The molecule has 0 aromatic heterocycles. The standard InChI is InChI=1S/C11H16O2/c1-11(2)8-3-4-9(11)10(13)7(5-8)6-12/h6-9H,3-5H2,1-2H3. The number of carbonyl (C=O) groups excluding carboxylic acids is 2. The van der Waals surface area contributed by atoms with E-state index in [9.17, 15) is 9.59 Å². The lowest BCUT2D eigenvalue weighted by Gasteiger charge is -2.38. The van der Waals surface area contributed by atoms with E-state index in [0.717, 1.165) is 25.5 Å². The molecule has 0 aliphatic heterocycles. The molecule has 0 spiro atoms. The second-order valence-electron chi connectivity index (χ2n) is 5.03. The third-order valence-electron chi connectivity index (χ3n) is 4.17. The van der Waals surface area contributed by atoms with Gasteiger partial charge in [0.1, 0.15) is 12.1 Å². The van der Waals surface area contributed by atoms with E-state index < -0.39 is 0 Å². The molecule has 3 atom stereocenters. The van der Waals surface area contributed by atoms with E-state index in [-0.39, 0.29) is 23.0 Å². The van der Waals surface area contributed by atoms with Gasteiger partial charge in [-0.3, -0.25) is 4.79 Å². The first-order valence-electron chi connectivity index (χ1n) is 5.06. The summed E-state index contributed by atoms with van der Waals surface area (Å²) in [6.45, 7) is 4.35. The molecular formula is C11H16O2. The lowest BCUT2D eigenvalue weighted by molar-refractivity contribution is -0.137. The summed E-state index contributed by atoms with van der Waals surface area (Å²) in [4.78, 5) is 22.5. The molecule has 0 saturated heterocycles.